The Morgan fingerprint density at radius 1 is 0.730 bits per heavy atom. The number of carboxylic acid groups (broad SMARTS) is 1. The molecule has 356 valence electrons. The van der Waals surface area contributed by atoms with Crippen molar-refractivity contribution in [1.82, 2.24) is 0 Å². The minimum Gasteiger partial charge on any atom is -0.481 e. The van der Waals surface area contributed by atoms with Crippen molar-refractivity contribution in [1.29, 1.82) is 0 Å². The Morgan fingerprint density at radius 2 is 1.35 bits per heavy atom. The van der Waals surface area contributed by atoms with E-state index in [0.29, 0.717) is 51.4 Å². The number of aliphatic hydroxyl groups is 6. The molecule has 5 aliphatic carbocycles. The summed E-state index contributed by atoms with van der Waals surface area (Å²) in [5.74, 6) is -4.32. The van der Waals surface area contributed by atoms with E-state index in [1.807, 2.05) is 6.92 Å². The Bertz CT molecular complexity index is 1840. The molecule has 17 nitrogen and oxygen atoms in total. The first-order chi connectivity index (χ1) is 29.2. The molecule has 7 rings (SSSR count). The zero-order chi connectivity index (χ0) is 46.6. The Hall–Kier alpha value is -2.74. The monoisotopic (exact) mass is 894 g/mol. The van der Waals surface area contributed by atoms with Crippen LogP contribution < -0.4 is 0 Å². The zero-order valence-corrected chi connectivity index (χ0v) is 38.0. The quantitative estimate of drug-likeness (QED) is 0.105. The van der Waals surface area contributed by atoms with Gasteiger partial charge in [0.25, 0.3) is 0 Å². The summed E-state index contributed by atoms with van der Waals surface area (Å²) < 4.78 is 36.0. The molecule has 0 radical (unpaired) electrons. The highest BCUT2D eigenvalue weighted by Crippen LogP contribution is 2.76. The number of ether oxygens (including phenoxy) is 6. The second-order valence-electron chi connectivity index (χ2n) is 21.6. The Balaban J connectivity index is 1.27. The number of hydrogen-bond donors (Lipinski definition) is 7. The summed E-state index contributed by atoms with van der Waals surface area (Å²) in [6.45, 7) is 15.1. The molecule has 20 atom stereocenters. The topological polar surface area (TPSA) is 265 Å². The number of rotatable bonds is 8. The molecule has 0 amide bonds. The lowest BCUT2D eigenvalue weighted by molar-refractivity contribution is -0.359. The lowest BCUT2D eigenvalue weighted by atomic mass is 9.33. The van der Waals surface area contributed by atoms with Gasteiger partial charge in [-0.05, 0) is 113 Å². The van der Waals surface area contributed by atoms with Gasteiger partial charge in [-0.1, -0.05) is 39.3 Å². The highest BCUT2D eigenvalue weighted by molar-refractivity contribution is 5.79. The van der Waals surface area contributed by atoms with Crippen molar-refractivity contribution >= 4 is 23.9 Å². The highest BCUT2D eigenvalue weighted by Gasteiger charge is 2.73. The maximum absolute atomic E-state index is 15.3. The van der Waals surface area contributed by atoms with Crippen LogP contribution >= 0.6 is 0 Å². The van der Waals surface area contributed by atoms with Crippen LogP contribution in [0.3, 0.4) is 0 Å². The fourth-order valence-corrected chi connectivity index (χ4v) is 14.2. The molecule has 7 N–H and O–H groups in total. The Morgan fingerprint density at radius 3 is 1.97 bits per heavy atom. The minimum absolute atomic E-state index is 0.172. The van der Waals surface area contributed by atoms with Crippen molar-refractivity contribution in [2.24, 2.45) is 50.2 Å². The van der Waals surface area contributed by atoms with Crippen molar-refractivity contribution in [2.75, 3.05) is 6.61 Å². The van der Waals surface area contributed by atoms with E-state index in [1.54, 1.807) is 13.8 Å². The van der Waals surface area contributed by atoms with E-state index in [2.05, 4.69) is 26.8 Å². The van der Waals surface area contributed by atoms with E-state index < -0.39 is 136 Å². The maximum Gasteiger partial charge on any atom is 0.315 e. The summed E-state index contributed by atoms with van der Waals surface area (Å²) in [6, 6.07) is 0. The smallest absolute Gasteiger partial charge is 0.315 e. The summed E-state index contributed by atoms with van der Waals surface area (Å²) in [7, 11) is 0. The lowest BCUT2D eigenvalue weighted by Gasteiger charge is -2.71. The van der Waals surface area contributed by atoms with E-state index in [0.717, 1.165) is 19.4 Å². The summed E-state index contributed by atoms with van der Waals surface area (Å²) in [5.41, 5.74) is -4.10. The number of carbonyl (C=O) groups excluding carboxylic acids is 3. The van der Waals surface area contributed by atoms with E-state index in [1.165, 1.54) is 6.92 Å². The normalized spacial score (nSPS) is 50.3. The fourth-order valence-electron chi connectivity index (χ4n) is 14.2. The molecule has 2 heterocycles. The molecule has 0 aromatic rings. The summed E-state index contributed by atoms with van der Waals surface area (Å²) in [4.78, 5) is 53.3. The van der Waals surface area contributed by atoms with E-state index in [4.69, 9.17) is 28.4 Å². The molecule has 4 saturated carbocycles. The van der Waals surface area contributed by atoms with E-state index >= 15 is 4.79 Å². The average Bonchev–Trinajstić information content (AvgIpc) is 3.19. The van der Waals surface area contributed by atoms with Gasteiger partial charge in [0.1, 0.15) is 18.3 Å². The van der Waals surface area contributed by atoms with Crippen molar-refractivity contribution in [3.05, 3.63) is 11.6 Å². The van der Waals surface area contributed by atoms with Gasteiger partial charge in [0.05, 0.1) is 41.9 Å². The molecule has 0 spiro atoms. The fraction of sp³-hybridized carbons (Fsp3) is 0.870. The molecule has 20 unspecified atom stereocenters. The number of carbonyl (C=O) groups is 4. The molecule has 2 saturated heterocycles. The molecule has 63 heavy (non-hydrogen) atoms. The number of aliphatic hydroxyl groups excluding tert-OH is 6. The number of esters is 3. The van der Waals surface area contributed by atoms with Gasteiger partial charge in [0.2, 0.25) is 6.29 Å². The first kappa shape index (κ1) is 48.2. The first-order valence-corrected chi connectivity index (χ1v) is 22.7. The predicted molar refractivity (Wildman–Crippen MR) is 219 cm³/mol. The average molecular weight is 895 g/mol. The second kappa shape index (κ2) is 16.5. The second-order valence-corrected chi connectivity index (χ2v) is 21.6. The number of hydrogen-bond acceptors (Lipinski definition) is 16. The van der Waals surface area contributed by atoms with Gasteiger partial charge in [0.15, 0.2) is 24.6 Å². The van der Waals surface area contributed by atoms with Gasteiger partial charge in [-0.15, -0.1) is 0 Å². The van der Waals surface area contributed by atoms with Crippen molar-refractivity contribution in [3.63, 3.8) is 0 Å². The van der Waals surface area contributed by atoms with Crippen molar-refractivity contribution in [3.8, 4) is 0 Å². The van der Waals surface area contributed by atoms with Gasteiger partial charge >= 0.3 is 23.9 Å². The molecular formula is C46H70O17. The number of aliphatic carboxylic acids is 1. The van der Waals surface area contributed by atoms with Crippen LogP contribution in [0.1, 0.15) is 120 Å². The lowest BCUT2D eigenvalue weighted by Crippen LogP contribution is -2.70. The maximum atomic E-state index is 15.3. The third-order valence-corrected chi connectivity index (χ3v) is 17.7. The first-order valence-electron chi connectivity index (χ1n) is 22.7. The molecule has 6 fully saturated rings. The molecular weight excluding hydrogens is 824 g/mol. The van der Waals surface area contributed by atoms with Gasteiger partial charge in [-0.25, -0.2) is 0 Å². The predicted octanol–water partition coefficient (Wildman–Crippen LogP) is 2.52. The zero-order valence-electron chi connectivity index (χ0n) is 38.0. The van der Waals surface area contributed by atoms with Gasteiger partial charge in [0, 0.05) is 19.3 Å². The molecule has 7 aliphatic rings. The molecule has 0 aromatic carbocycles. The van der Waals surface area contributed by atoms with Crippen molar-refractivity contribution < 1.29 is 83.3 Å². The van der Waals surface area contributed by atoms with Gasteiger partial charge in [-0.2, -0.15) is 0 Å². The van der Waals surface area contributed by atoms with E-state index in [9.17, 15) is 50.1 Å². The standard InChI is InChI=1S/C46H70O17/c1-21-30(51)31(52)32(53)37(58-21)62-35-34(61-24(4)49)33(60-23(3)48)22(2)59-38(35)63-40(57)45-15-14-41(5,6)18-26(45)25-10-11-28-42(7)19-27(50)36(54)44(9,39(55)56)29(42)12-13-43(28,8)46(25,20-47)17-16-45/h10,21-22,26-38,47,50-54H,11-20H2,1-9H3,(H,55,56). The van der Waals surface area contributed by atoms with Crippen LogP contribution in [-0.4, -0.2) is 140 Å². The SMILES string of the molecule is CC(=O)OC1C(C)OC(OC(=O)C23CCC(C)(C)CC2C2=CCC4C5(C)CC(O)C(O)C(C)(C(=O)O)C5CCC4(C)C2(CO)CC3)C(OC2OC(C)C(O)C(O)C2O)C1OC(C)=O. The van der Waals surface area contributed by atoms with Crippen LogP contribution in [0.2, 0.25) is 0 Å². The summed E-state index contributed by atoms with van der Waals surface area (Å²) in [5, 5.41) is 76.9. The van der Waals surface area contributed by atoms with E-state index in [-0.39, 0.29) is 24.4 Å². The summed E-state index contributed by atoms with van der Waals surface area (Å²) in [6.07, 6.45) is -11.0. The number of fused-ring (bicyclic) bond motifs is 7. The van der Waals surface area contributed by atoms with Gasteiger partial charge < -0.3 is 64.2 Å². The molecule has 17 heteroatoms. The number of allylic oxidation sites excluding steroid dienone is 1. The van der Waals surface area contributed by atoms with Crippen LogP contribution in [-0.2, 0) is 47.6 Å². The van der Waals surface area contributed by atoms with Crippen molar-refractivity contribution in [2.45, 2.75) is 194 Å². The number of carboxylic acids is 1. The van der Waals surface area contributed by atoms with Crippen LogP contribution in [0.15, 0.2) is 11.6 Å². The highest BCUT2D eigenvalue weighted by atomic mass is 16.8. The third kappa shape index (κ3) is 7.38. The largest absolute Gasteiger partial charge is 0.481 e. The Kier molecular flexibility index (Phi) is 12.7. The van der Waals surface area contributed by atoms with Crippen LogP contribution in [0, 0.1) is 50.2 Å². The summed E-state index contributed by atoms with van der Waals surface area (Å²) >= 11 is 0. The van der Waals surface area contributed by atoms with Gasteiger partial charge in [-0.3, -0.25) is 19.2 Å². The molecule has 0 bridgehead atoms. The van der Waals surface area contributed by atoms with Crippen LogP contribution in [0.4, 0.5) is 0 Å². The van der Waals surface area contributed by atoms with Crippen LogP contribution in [0.25, 0.3) is 0 Å². The molecule has 0 aromatic heterocycles. The van der Waals surface area contributed by atoms with Crippen LogP contribution in [0.5, 0.6) is 0 Å². The minimum atomic E-state index is -1.80. The Labute approximate surface area is 368 Å². The molecule has 2 aliphatic heterocycles. The third-order valence-electron chi connectivity index (χ3n) is 17.7.